The van der Waals surface area contributed by atoms with Crippen molar-refractivity contribution in [2.75, 3.05) is 13.6 Å². The predicted octanol–water partition coefficient (Wildman–Crippen LogP) is 3.53. The van der Waals surface area contributed by atoms with E-state index in [-0.39, 0.29) is 5.41 Å². The van der Waals surface area contributed by atoms with Gasteiger partial charge in [-0.15, -0.1) is 0 Å². The zero-order valence-corrected chi connectivity index (χ0v) is 13.0. The molecule has 2 aromatic rings. The lowest BCUT2D eigenvalue weighted by molar-refractivity contribution is 0.590. The van der Waals surface area contributed by atoms with Crippen molar-refractivity contribution in [3.05, 3.63) is 41.9 Å². The van der Waals surface area contributed by atoms with Crippen molar-refractivity contribution in [1.82, 2.24) is 15.3 Å². The molecule has 1 heterocycles. The molecule has 0 aliphatic heterocycles. The van der Waals surface area contributed by atoms with Crippen molar-refractivity contribution in [1.29, 1.82) is 0 Å². The Bertz CT molecular complexity index is 532. The monoisotopic (exact) mass is 271 g/mol. The highest BCUT2D eigenvalue weighted by atomic mass is 14.9. The summed E-state index contributed by atoms with van der Waals surface area (Å²) >= 11 is 0. The number of hydrogen-bond donors (Lipinski definition) is 2. The Balaban J connectivity index is 2.08. The number of H-pyrrole nitrogens is 1. The smallest absolute Gasteiger partial charge is 0.106 e. The van der Waals surface area contributed by atoms with E-state index in [0.29, 0.717) is 0 Å². The standard InChI is InChI=1S/C17H25N3/c1-17(2,3)14-9-7-13(8-10-14)15-12-19-16(20-15)6-5-11-18-4/h7-10,12,18H,5-6,11H2,1-4H3,(H,19,20). The maximum absolute atomic E-state index is 4.45. The van der Waals surface area contributed by atoms with E-state index in [9.17, 15) is 0 Å². The summed E-state index contributed by atoms with van der Waals surface area (Å²) in [6.07, 6.45) is 4.02. The minimum atomic E-state index is 0.199. The third-order valence-corrected chi connectivity index (χ3v) is 3.53. The number of aromatic amines is 1. The molecule has 2 rings (SSSR count). The van der Waals surface area contributed by atoms with Crippen LogP contribution in [-0.2, 0) is 11.8 Å². The van der Waals surface area contributed by atoms with Crippen LogP contribution in [0.25, 0.3) is 11.3 Å². The predicted molar refractivity (Wildman–Crippen MR) is 85.0 cm³/mol. The second-order valence-corrected chi connectivity index (χ2v) is 6.28. The maximum atomic E-state index is 4.45. The van der Waals surface area contributed by atoms with Crippen LogP contribution in [0, 0.1) is 0 Å². The highest BCUT2D eigenvalue weighted by molar-refractivity contribution is 5.59. The van der Waals surface area contributed by atoms with Gasteiger partial charge in [0, 0.05) is 6.42 Å². The van der Waals surface area contributed by atoms with Crippen molar-refractivity contribution in [2.45, 2.75) is 39.0 Å². The van der Waals surface area contributed by atoms with Gasteiger partial charge in [0.05, 0.1) is 11.9 Å². The molecule has 0 aliphatic rings. The quantitative estimate of drug-likeness (QED) is 0.817. The van der Waals surface area contributed by atoms with Gasteiger partial charge in [0.25, 0.3) is 0 Å². The summed E-state index contributed by atoms with van der Waals surface area (Å²) in [6, 6.07) is 8.75. The summed E-state index contributed by atoms with van der Waals surface area (Å²) in [5.41, 5.74) is 3.86. The number of nitrogens with zero attached hydrogens (tertiary/aromatic N) is 1. The first kappa shape index (κ1) is 14.8. The highest BCUT2D eigenvalue weighted by Crippen LogP contribution is 2.25. The Labute approximate surface area is 121 Å². The van der Waals surface area contributed by atoms with Gasteiger partial charge in [0.2, 0.25) is 0 Å². The number of rotatable bonds is 5. The van der Waals surface area contributed by atoms with Crippen LogP contribution in [0.1, 0.15) is 38.6 Å². The van der Waals surface area contributed by atoms with Crippen molar-refractivity contribution < 1.29 is 0 Å². The second-order valence-electron chi connectivity index (χ2n) is 6.28. The summed E-state index contributed by atoms with van der Waals surface area (Å²) in [4.78, 5) is 7.86. The summed E-state index contributed by atoms with van der Waals surface area (Å²) < 4.78 is 0. The molecule has 0 amide bonds. The number of aryl methyl sites for hydroxylation is 1. The number of imidazole rings is 1. The van der Waals surface area contributed by atoms with Crippen molar-refractivity contribution >= 4 is 0 Å². The largest absolute Gasteiger partial charge is 0.342 e. The molecule has 20 heavy (non-hydrogen) atoms. The SMILES string of the molecule is CNCCCc1ncc(-c2ccc(C(C)(C)C)cc2)[nH]1. The van der Waals surface area contributed by atoms with Gasteiger partial charge in [0.1, 0.15) is 5.82 Å². The van der Waals surface area contributed by atoms with Gasteiger partial charge < -0.3 is 10.3 Å². The molecule has 2 N–H and O–H groups in total. The number of hydrogen-bond acceptors (Lipinski definition) is 2. The lowest BCUT2D eigenvalue weighted by Crippen LogP contribution is -2.10. The molecular weight excluding hydrogens is 246 g/mol. The topological polar surface area (TPSA) is 40.7 Å². The van der Waals surface area contributed by atoms with E-state index in [1.165, 1.54) is 11.1 Å². The Hall–Kier alpha value is -1.61. The number of aromatic nitrogens is 2. The summed E-state index contributed by atoms with van der Waals surface area (Å²) in [6.45, 7) is 7.73. The summed E-state index contributed by atoms with van der Waals surface area (Å²) in [7, 11) is 1.98. The van der Waals surface area contributed by atoms with E-state index < -0.39 is 0 Å². The van der Waals surface area contributed by atoms with Crippen molar-refractivity contribution in [3.8, 4) is 11.3 Å². The zero-order valence-electron chi connectivity index (χ0n) is 13.0. The Morgan fingerprint density at radius 1 is 1.15 bits per heavy atom. The maximum Gasteiger partial charge on any atom is 0.106 e. The van der Waals surface area contributed by atoms with Gasteiger partial charge in [-0.3, -0.25) is 0 Å². The molecule has 0 bridgehead atoms. The molecule has 0 spiro atoms. The summed E-state index contributed by atoms with van der Waals surface area (Å²) in [5.74, 6) is 1.06. The van der Waals surface area contributed by atoms with Crippen LogP contribution in [-0.4, -0.2) is 23.6 Å². The van der Waals surface area contributed by atoms with Crippen molar-refractivity contribution in [2.24, 2.45) is 0 Å². The van der Waals surface area contributed by atoms with Gasteiger partial charge in [0.15, 0.2) is 0 Å². The fourth-order valence-electron chi connectivity index (χ4n) is 2.22. The van der Waals surface area contributed by atoms with Gasteiger partial charge >= 0.3 is 0 Å². The van der Waals surface area contributed by atoms with Gasteiger partial charge in [-0.1, -0.05) is 45.0 Å². The van der Waals surface area contributed by atoms with Crippen LogP contribution in [0.2, 0.25) is 0 Å². The molecular formula is C17H25N3. The van der Waals surface area contributed by atoms with E-state index in [1.807, 2.05) is 13.2 Å². The first-order chi connectivity index (χ1) is 9.50. The van der Waals surface area contributed by atoms with Crippen molar-refractivity contribution in [3.63, 3.8) is 0 Å². The number of nitrogens with one attached hydrogen (secondary N) is 2. The summed E-state index contributed by atoms with van der Waals surface area (Å²) in [5, 5.41) is 3.16. The van der Waals surface area contributed by atoms with Crippen LogP contribution < -0.4 is 5.32 Å². The van der Waals surface area contributed by atoms with Crippen LogP contribution >= 0.6 is 0 Å². The van der Waals surface area contributed by atoms with E-state index in [1.54, 1.807) is 0 Å². The first-order valence-corrected chi connectivity index (χ1v) is 7.30. The molecule has 1 aromatic heterocycles. The normalized spacial score (nSPS) is 11.8. The van der Waals surface area contributed by atoms with Gasteiger partial charge in [-0.05, 0) is 36.6 Å². The lowest BCUT2D eigenvalue weighted by Gasteiger charge is -2.18. The Morgan fingerprint density at radius 2 is 1.85 bits per heavy atom. The average molecular weight is 271 g/mol. The molecule has 1 aromatic carbocycles. The van der Waals surface area contributed by atoms with Crippen LogP contribution in [0.3, 0.4) is 0 Å². The van der Waals surface area contributed by atoms with Crippen LogP contribution in [0.5, 0.6) is 0 Å². The first-order valence-electron chi connectivity index (χ1n) is 7.30. The van der Waals surface area contributed by atoms with E-state index >= 15 is 0 Å². The van der Waals surface area contributed by atoms with Gasteiger partial charge in [-0.25, -0.2) is 4.98 Å². The average Bonchev–Trinajstić information content (AvgIpc) is 2.87. The molecule has 0 unspecified atom stereocenters. The Kier molecular flexibility index (Phi) is 4.61. The molecule has 0 saturated carbocycles. The molecule has 0 radical (unpaired) electrons. The molecule has 0 saturated heterocycles. The second kappa shape index (κ2) is 6.23. The van der Waals surface area contributed by atoms with Crippen LogP contribution in [0.15, 0.2) is 30.5 Å². The molecule has 0 aliphatic carbocycles. The minimum absolute atomic E-state index is 0.199. The highest BCUT2D eigenvalue weighted by Gasteiger charge is 2.13. The molecule has 0 fully saturated rings. The lowest BCUT2D eigenvalue weighted by atomic mass is 9.86. The molecule has 3 nitrogen and oxygen atoms in total. The third kappa shape index (κ3) is 3.70. The molecule has 108 valence electrons. The fourth-order valence-corrected chi connectivity index (χ4v) is 2.22. The third-order valence-electron chi connectivity index (χ3n) is 3.53. The van der Waals surface area contributed by atoms with E-state index in [4.69, 9.17) is 0 Å². The minimum Gasteiger partial charge on any atom is -0.342 e. The zero-order chi connectivity index (χ0) is 14.6. The van der Waals surface area contributed by atoms with E-state index in [2.05, 4.69) is 60.3 Å². The van der Waals surface area contributed by atoms with Gasteiger partial charge in [-0.2, -0.15) is 0 Å². The Morgan fingerprint density at radius 3 is 2.45 bits per heavy atom. The molecule has 0 atom stereocenters. The van der Waals surface area contributed by atoms with E-state index in [0.717, 1.165) is 30.9 Å². The fraction of sp³-hybridized carbons (Fsp3) is 0.471. The van der Waals surface area contributed by atoms with Crippen LogP contribution in [0.4, 0.5) is 0 Å². The number of benzene rings is 1. The molecule has 3 heteroatoms.